The molecule has 1 unspecified atom stereocenters. The van der Waals surface area contributed by atoms with Crippen molar-refractivity contribution in [1.29, 1.82) is 0 Å². The van der Waals surface area contributed by atoms with Crippen LogP contribution in [0.25, 0.3) is 0 Å². The zero-order valence-electron chi connectivity index (χ0n) is 12.2. The summed E-state index contributed by atoms with van der Waals surface area (Å²) in [5, 5.41) is 5.05. The molecular weight excluding hydrogens is 323 g/mol. The molecule has 3 rings (SSSR count). The lowest BCUT2D eigenvalue weighted by molar-refractivity contribution is -0.923. The SMILES string of the molecule is C[C@H]1c2ccsc2CC[NH+]1CC(=O)Nc1ccc(Cl)cc1F. The van der Waals surface area contributed by atoms with Crippen molar-refractivity contribution in [2.24, 2.45) is 0 Å². The van der Waals surface area contributed by atoms with Crippen molar-refractivity contribution in [1.82, 2.24) is 0 Å². The number of carbonyl (C=O) groups excluding carboxylic acids is 1. The number of nitrogens with one attached hydrogen (secondary N) is 2. The van der Waals surface area contributed by atoms with Crippen molar-refractivity contribution in [2.45, 2.75) is 19.4 Å². The second-order valence-electron chi connectivity index (χ2n) is 5.53. The van der Waals surface area contributed by atoms with Gasteiger partial charge in [-0.3, -0.25) is 4.79 Å². The van der Waals surface area contributed by atoms with E-state index >= 15 is 0 Å². The molecule has 0 bridgehead atoms. The quantitative estimate of drug-likeness (QED) is 0.885. The molecule has 116 valence electrons. The maximum atomic E-state index is 13.7. The summed E-state index contributed by atoms with van der Waals surface area (Å²) in [5.41, 5.74) is 1.51. The second kappa shape index (κ2) is 6.36. The Hall–Kier alpha value is -1.43. The van der Waals surface area contributed by atoms with Crippen LogP contribution in [0.5, 0.6) is 0 Å². The Labute approximate surface area is 137 Å². The van der Waals surface area contributed by atoms with Crippen LogP contribution in [-0.2, 0) is 11.2 Å². The van der Waals surface area contributed by atoms with Crippen LogP contribution >= 0.6 is 22.9 Å². The molecule has 1 aliphatic heterocycles. The predicted octanol–water partition coefficient (Wildman–Crippen LogP) is 2.68. The van der Waals surface area contributed by atoms with Crippen molar-refractivity contribution in [3.63, 3.8) is 0 Å². The number of hydrogen-bond acceptors (Lipinski definition) is 2. The lowest BCUT2D eigenvalue weighted by Crippen LogP contribution is -3.14. The number of amides is 1. The number of anilines is 1. The third kappa shape index (κ3) is 3.16. The van der Waals surface area contributed by atoms with Crippen LogP contribution in [0.3, 0.4) is 0 Å². The van der Waals surface area contributed by atoms with Gasteiger partial charge in [-0.25, -0.2) is 4.39 Å². The number of fused-ring (bicyclic) bond motifs is 1. The van der Waals surface area contributed by atoms with Crippen LogP contribution in [0.15, 0.2) is 29.6 Å². The first-order chi connectivity index (χ1) is 10.5. The largest absolute Gasteiger partial charge is 0.321 e. The zero-order valence-corrected chi connectivity index (χ0v) is 13.7. The Morgan fingerprint density at radius 1 is 1.50 bits per heavy atom. The van der Waals surface area contributed by atoms with Crippen LogP contribution in [-0.4, -0.2) is 19.0 Å². The van der Waals surface area contributed by atoms with E-state index in [9.17, 15) is 9.18 Å². The first-order valence-electron chi connectivity index (χ1n) is 7.20. The van der Waals surface area contributed by atoms with Gasteiger partial charge in [0.1, 0.15) is 11.9 Å². The molecule has 0 radical (unpaired) electrons. The molecule has 2 atom stereocenters. The van der Waals surface area contributed by atoms with E-state index in [1.807, 2.05) is 0 Å². The zero-order chi connectivity index (χ0) is 15.7. The molecule has 22 heavy (non-hydrogen) atoms. The summed E-state index contributed by atoms with van der Waals surface area (Å²) in [6.07, 6.45) is 0.995. The van der Waals surface area contributed by atoms with E-state index in [0.717, 1.165) is 13.0 Å². The van der Waals surface area contributed by atoms with Gasteiger partial charge in [-0.05, 0) is 36.6 Å². The molecule has 6 heteroatoms. The van der Waals surface area contributed by atoms with Crippen LogP contribution in [0.1, 0.15) is 23.4 Å². The standard InChI is InChI=1S/C16H16ClFN2OS/c1-10-12-5-7-22-15(12)4-6-20(10)9-16(21)19-14-3-2-11(17)8-13(14)18/h2-3,5,7-8,10H,4,6,9H2,1H3,(H,19,21)/p+1/t10-/m0/s1. The van der Waals surface area contributed by atoms with Crippen molar-refractivity contribution >= 4 is 34.5 Å². The highest BCUT2D eigenvalue weighted by Gasteiger charge is 2.29. The second-order valence-corrected chi connectivity index (χ2v) is 6.97. The highest BCUT2D eigenvalue weighted by Crippen LogP contribution is 2.24. The Morgan fingerprint density at radius 3 is 3.09 bits per heavy atom. The van der Waals surface area contributed by atoms with E-state index in [2.05, 4.69) is 23.7 Å². The molecule has 2 N–H and O–H groups in total. The average molecular weight is 340 g/mol. The first kappa shape index (κ1) is 15.5. The molecule has 1 aromatic carbocycles. The van der Waals surface area contributed by atoms with Gasteiger partial charge in [0.25, 0.3) is 5.91 Å². The van der Waals surface area contributed by atoms with Gasteiger partial charge < -0.3 is 10.2 Å². The minimum Gasteiger partial charge on any atom is -0.321 e. The number of rotatable bonds is 3. The number of carbonyl (C=O) groups is 1. The minimum atomic E-state index is -0.511. The Morgan fingerprint density at radius 2 is 2.32 bits per heavy atom. The summed E-state index contributed by atoms with van der Waals surface area (Å²) in [7, 11) is 0. The Bertz CT molecular complexity index is 703. The fraction of sp³-hybridized carbons (Fsp3) is 0.312. The van der Waals surface area contributed by atoms with Crippen molar-refractivity contribution in [2.75, 3.05) is 18.4 Å². The summed E-state index contributed by atoms with van der Waals surface area (Å²) in [4.78, 5) is 14.8. The topological polar surface area (TPSA) is 33.5 Å². The maximum absolute atomic E-state index is 13.7. The number of thiophene rings is 1. The fourth-order valence-corrected chi connectivity index (χ4v) is 4.02. The summed E-state index contributed by atoms with van der Waals surface area (Å²) >= 11 is 7.49. The summed E-state index contributed by atoms with van der Waals surface area (Å²) in [6.45, 7) is 3.39. The van der Waals surface area contributed by atoms with Gasteiger partial charge in [0, 0.05) is 21.9 Å². The van der Waals surface area contributed by atoms with Gasteiger partial charge >= 0.3 is 0 Å². The molecule has 2 aromatic rings. The molecule has 3 nitrogen and oxygen atoms in total. The highest BCUT2D eigenvalue weighted by atomic mass is 35.5. The molecule has 0 spiro atoms. The Kier molecular flexibility index (Phi) is 4.47. The van der Waals surface area contributed by atoms with Gasteiger partial charge in [0.2, 0.25) is 0 Å². The maximum Gasteiger partial charge on any atom is 0.279 e. The van der Waals surface area contributed by atoms with E-state index in [4.69, 9.17) is 11.6 Å². The van der Waals surface area contributed by atoms with Crippen molar-refractivity contribution < 1.29 is 14.1 Å². The molecule has 0 fully saturated rings. The van der Waals surface area contributed by atoms with Gasteiger partial charge in [-0.1, -0.05) is 11.6 Å². The van der Waals surface area contributed by atoms with E-state index in [1.165, 1.54) is 27.5 Å². The van der Waals surface area contributed by atoms with E-state index in [0.29, 0.717) is 11.6 Å². The van der Waals surface area contributed by atoms with E-state index < -0.39 is 5.82 Å². The fourth-order valence-electron chi connectivity index (χ4n) is 2.88. The highest BCUT2D eigenvalue weighted by molar-refractivity contribution is 7.10. The third-order valence-corrected chi connectivity index (χ3v) is 5.36. The van der Waals surface area contributed by atoms with Crippen LogP contribution in [0.2, 0.25) is 5.02 Å². The van der Waals surface area contributed by atoms with Crippen molar-refractivity contribution in [3.8, 4) is 0 Å². The van der Waals surface area contributed by atoms with Gasteiger partial charge in [0.05, 0.1) is 12.2 Å². The lowest BCUT2D eigenvalue weighted by atomic mass is 10.0. The number of hydrogen-bond donors (Lipinski definition) is 2. The molecule has 0 saturated carbocycles. The lowest BCUT2D eigenvalue weighted by Gasteiger charge is -2.29. The average Bonchev–Trinajstić information content (AvgIpc) is 2.94. The molecule has 0 saturated heterocycles. The summed E-state index contributed by atoms with van der Waals surface area (Å²) < 4.78 is 13.7. The molecule has 0 aliphatic carbocycles. The molecule has 1 aromatic heterocycles. The minimum absolute atomic E-state index is 0.176. The molecular formula is C16H17ClFN2OS+. The molecule has 1 aliphatic rings. The van der Waals surface area contributed by atoms with E-state index in [-0.39, 0.29) is 17.6 Å². The van der Waals surface area contributed by atoms with Gasteiger partial charge in [0.15, 0.2) is 6.54 Å². The monoisotopic (exact) mass is 339 g/mol. The van der Waals surface area contributed by atoms with Crippen molar-refractivity contribution in [3.05, 3.63) is 50.9 Å². The van der Waals surface area contributed by atoms with E-state index in [1.54, 1.807) is 17.4 Å². The summed E-state index contributed by atoms with van der Waals surface area (Å²) in [5.74, 6) is -0.690. The number of benzene rings is 1. The Balaban J connectivity index is 1.65. The van der Waals surface area contributed by atoms with Crippen LogP contribution < -0.4 is 10.2 Å². The van der Waals surface area contributed by atoms with Crippen LogP contribution in [0.4, 0.5) is 10.1 Å². The third-order valence-electron chi connectivity index (χ3n) is 4.12. The smallest absolute Gasteiger partial charge is 0.279 e. The molecule has 1 amide bonds. The number of halogens is 2. The summed E-state index contributed by atoms with van der Waals surface area (Å²) in [6, 6.07) is 6.68. The molecule has 2 heterocycles. The van der Waals surface area contributed by atoms with Crippen LogP contribution in [0, 0.1) is 5.82 Å². The van der Waals surface area contributed by atoms with Gasteiger partial charge in [-0.15, -0.1) is 11.3 Å². The normalized spacial score (nSPS) is 20.5. The first-order valence-corrected chi connectivity index (χ1v) is 8.46. The number of quaternary nitrogens is 1. The van der Waals surface area contributed by atoms with Gasteiger partial charge in [-0.2, -0.15) is 0 Å². The predicted molar refractivity (Wildman–Crippen MR) is 87.2 cm³/mol.